The number of benzene rings is 2. The molecule has 0 radical (unpaired) electrons. The van der Waals surface area contributed by atoms with Crippen molar-refractivity contribution in [3.63, 3.8) is 0 Å². The van der Waals surface area contributed by atoms with Crippen molar-refractivity contribution in [1.82, 2.24) is 10.6 Å². The number of nitrogens with zero attached hydrogens (tertiary/aromatic N) is 1. The van der Waals surface area contributed by atoms with Crippen LogP contribution in [-0.2, 0) is 16.6 Å². The second-order valence-corrected chi connectivity index (χ2v) is 7.62. The number of hydrogen-bond donors (Lipinski definition) is 2. The number of aliphatic imine (C=N–C) groups is 1. The first kappa shape index (κ1) is 25.4. The van der Waals surface area contributed by atoms with Crippen molar-refractivity contribution in [3.8, 4) is 5.75 Å². The minimum Gasteiger partial charge on any atom is -0.497 e. The van der Waals surface area contributed by atoms with Crippen molar-refractivity contribution in [1.29, 1.82) is 0 Å². The Kier molecular flexibility index (Phi) is 10.5. The lowest BCUT2D eigenvalue weighted by Crippen LogP contribution is -2.41. The third kappa shape index (κ3) is 7.35. The standard InChI is InChI=1S/C24H32FN3O2.HI/c1-3-26-23(27-14-11-19-7-9-22(29-2)10-8-19)28-18-24(12-15-30-16-13-24)20-5-4-6-21(25)17-20;/h4-10,17H,3,11-16,18H2,1-2H3,(H2,26,27,28);1H. The summed E-state index contributed by atoms with van der Waals surface area (Å²) >= 11 is 0. The van der Waals surface area contributed by atoms with Crippen molar-refractivity contribution in [3.05, 3.63) is 65.5 Å². The maximum atomic E-state index is 13.9. The molecule has 170 valence electrons. The van der Waals surface area contributed by atoms with Crippen molar-refractivity contribution in [2.45, 2.75) is 31.6 Å². The van der Waals surface area contributed by atoms with Crippen LogP contribution in [0.3, 0.4) is 0 Å². The lowest BCUT2D eigenvalue weighted by Gasteiger charge is -2.36. The topological polar surface area (TPSA) is 54.9 Å². The maximum absolute atomic E-state index is 13.9. The maximum Gasteiger partial charge on any atom is 0.191 e. The van der Waals surface area contributed by atoms with Crippen LogP contribution in [0.2, 0.25) is 0 Å². The predicted molar refractivity (Wildman–Crippen MR) is 134 cm³/mol. The molecule has 1 fully saturated rings. The molecule has 0 amide bonds. The highest BCUT2D eigenvalue weighted by Gasteiger charge is 2.34. The Morgan fingerprint density at radius 1 is 1.13 bits per heavy atom. The highest BCUT2D eigenvalue weighted by molar-refractivity contribution is 14.0. The molecule has 1 heterocycles. The highest BCUT2D eigenvalue weighted by atomic mass is 127. The molecule has 1 saturated heterocycles. The monoisotopic (exact) mass is 541 g/mol. The molecule has 31 heavy (non-hydrogen) atoms. The molecule has 7 heteroatoms. The van der Waals surface area contributed by atoms with Gasteiger partial charge in [0.25, 0.3) is 0 Å². The molecule has 0 atom stereocenters. The first-order valence-corrected chi connectivity index (χ1v) is 10.6. The Morgan fingerprint density at radius 2 is 1.87 bits per heavy atom. The van der Waals surface area contributed by atoms with Gasteiger partial charge < -0.3 is 20.1 Å². The van der Waals surface area contributed by atoms with Gasteiger partial charge in [-0.05, 0) is 61.6 Å². The van der Waals surface area contributed by atoms with Gasteiger partial charge in [0.1, 0.15) is 11.6 Å². The molecule has 2 aromatic rings. The van der Waals surface area contributed by atoms with Gasteiger partial charge in [0.05, 0.1) is 13.7 Å². The minimum atomic E-state index is -0.202. The van der Waals surface area contributed by atoms with Crippen molar-refractivity contribution in [2.24, 2.45) is 4.99 Å². The molecule has 0 spiro atoms. The van der Waals surface area contributed by atoms with Gasteiger partial charge in [-0.3, -0.25) is 4.99 Å². The van der Waals surface area contributed by atoms with Crippen LogP contribution in [0, 0.1) is 5.82 Å². The van der Waals surface area contributed by atoms with Crippen LogP contribution in [0.5, 0.6) is 5.75 Å². The summed E-state index contributed by atoms with van der Waals surface area (Å²) in [6.07, 6.45) is 2.56. The number of halogens is 2. The number of hydrogen-bond acceptors (Lipinski definition) is 3. The third-order valence-electron chi connectivity index (χ3n) is 5.64. The van der Waals surface area contributed by atoms with Gasteiger partial charge in [0, 0.05) is 31.7 Å². The molecule has 0 saturated carbocycles. The van der Waals surface area contributed by atoms with E-state index in [2.05, 4.69) is 29.7 Å². The van der Waals surface area contributed by atoms with Crippen molar-refractivity contribution >= 4 is 29.9 Å². The Labute approximate surface area is 201 Å². The Bertz CT molecular complexity index is 824. The van der Waals surface area contributed by atoms with E-state index in [9.17, 15) is 4.39 Å². The Balaban J connectivity index is 0.00000341. The summed E-state index contributed by atoms with van der Waals surface area (Å²) in [5.74, 6) is 1.45. The highest BCUT2D eigenvalue weighted by Crippen LogP contribution is 2.35. The van der Waals surface area contributed by atoms with E-state index in [1.54, 1.807) is 19.2 Å². The molecule has 3 rings (SSSR count). The van der Waals surface area contributed by atoms with E-state index in [4.69, 9.17) is 14.5 Å². The van der Waals surface area contributed by atoms with Gasteiger partial charge in [0.15, 0.2) is 5.96 Å². The van der Waals surface area contributed by atoms with Crippen LogP contribution in [0.1, 0.15) is 30.9 Å². The number of nitrogens with one attached hydrogen (secondary N) is 2. The van der Waals surface area contributed by atoms with E-state index in [0.717, 1.165) is 49.6 Å². The van der Waals surface area contributed by atoms with Gasteiger partial charge in [-0.1, -0.05) is 24.3 Å². The molecular formula is C24H33FIN3O2. The van der Waals surface area contributed by atoms with E-state index < -0.39 is 0 Å². The molecule has 2 aromatic carbocycles. The average molecular weight is 541 g/mol. The summed E-state index contributed by atoms with van der Waals surface area (Å²) in [5, 5.41) is 6.74. The van der Waals surface area contributed by atoms with Gasteiger partial charge >= 0.3 is 0 Å². The van der Waals surface area contributed by atoms with Gasteiger partial charge in [-0.15, -0.1) is 24.0 Å². The van der Waals surface area contributed by atoms with E-state index in [1.807, 2.05) is 18.2 Å². The summed E-state index contributed by atoms with van der Waals surface area (Å²) in [5.41, 5.74) is 2.04. The number of ether oxygens (including phenoxy) is 2. The van der Waals surface area contributed by atoms with Crippen molar-refractivity contribution < 1.29 is 13.9 Å². The fraction of sp³-hybridized carbons (Fsp3) is 0.458. The van der Waals surface area contributed by atoms with Crippen LogP contribution in [0.25, 0.3) is 0 Å². The van der Waals surface area contributed by atoms with Crippen LogP contribution in [0.15, 0.2) is 53.5 Å². The fourth-order valence-corrected chi connectivity index (χ4v) is 3.81. The largest absolute Gasteiger partial charge is 0.497 e. The number of rotatable bonds is 8. The normalized spacial score (nSPS) is 15.6. The second-order valence-electron chi connectivity index (χ2n) is 7.62. The summed E-state index contributed by atoms with van der Waals surface area (Å²) in [4.78, 5) is 4.87. The van der Waals surface area contributed by atoms with E-state index in [0.29, 0.717) is 19.8 Å². The predicted octanol–water partition coefficient (Wildman–Crippen LogP) is 4.30. The minimum absolute atomic E-state index is 0. The average Bonchev–Trinajstić information content (AvgIpc) is 2.78. The SMILES string of the molecule is CCNC(=NCC1(c2cccc(F)c2)CCOCC1)NCCc1ccc(OC)cc1.I. The lowest BCUT2D eigenvalue weighted by molar-refractivity contribution is 0.0530. The van der Waals surface area contributed by atoms with E-state index in [-0.39, 0.29) is 35.2 Å². The zero-order valence-corrected chi connectivity index (χ0v) is 20.7. The van der Waals surface area contributed by atoms with Gasteiger partial charge in [-0.25, -0.2) is 4.39 Å². The number of guanidine groups is 1. The molecule has 0 aliphatic carbocycles. The molecule has 5 nitrogen and oxygen atoms in total. The summed E-state index contributed by atoms with van der Waals surface area (Å²) < 4.78 is 24.7. The molecule has 0 aromatic heterocycles. The quantitative estimate of drug-likeness (QED) is 0.298. The molecule has 0 bridgehead atoms. The van der Waals surface area contributed by atoms with E-state index >= 15 is 0 Å². The Morgan fingerprint density at radius 3 is 2.52 bits per heavy atom. The first-order chi connectivity index (χ1) is 14.6. The lowest BCUT2D eigenvalue weighted by atomic mass is 9.74. The molecular weight excluding hydrogens is 508 g/mol. The number of methoxy groups -OCH3 is 1. The summed E-state index contributed by atoms with van der Waals surface area (Å²) in [6, 6.07) is 15.0. The zero-order valence-electron chi connectivity index (χ0n) is 18.3. The van der Waals surface area contributed by atoms with Gasteiger partial charge in [-0.2, -0.15) is 0 Å². The fourth-order valence-electron chi connectivity index (χ4n) is 3.81. The van der Waals surface area contributed by atoms with Crippen LogP contribution in [-0.4, -0.2) is 45.9 Å². The first-order valence-electron chi connectivity index (χ1n) is 10.6. The van der Waals surface area contributed by atoms with Crippen LogP contribution < -0.4 is 15.4 Å². The van der Waals surface area contributed by atoms with Gasteiger partial charge in [0.2, 0.25) is 0 Å². The van der Waals surface area contributed by atoms with Crippen LogP contribution >= 0.6 is 24.0 Å². The summed E-state index contributed by atoms with van der Waals surface area (Å²) in [7, 11) is 1.67. The molecule has 1 aliphatic heterocycles. The second kappa shape index (κ2) is 12.9. The third-order valence-corrected chi connectivity index (χ3v) is 5.64. The molecule has 1 aliphatic rings. The summed E-state index contributed by atoms with van der Waals surface area (Å²) in [6.45, 7) is 5.55. The van der Waals surface area contributed by atoms with Crippen molar-refractivity contribution in [2.75, 3.05) is 40.0 Å². The van der Waals surface area contributed by atoms with Crippen LogP contribution in [0.4, 0.5) is 4.39 Å². The van der Waals surface area contributed by atoms with E-state index in [1.165, 1.54) is 11.6 Å². The molecule has 2 N–H and O–H groups in total. The smallest absolute Gasteiger partial charge is 0.191 e. The molecule has 0 unspecified atom stereocenters. The zero-order chi connectivity index (χ0) is 21.2. The Hall–Kier alpha value is -1.87.